The number of amides is 1. The Morgan fingerprint density at radius 2 is 1.96 bits per heavy atom. The maximum absolute atomic E-state index is 12.2. The number of likely N-dealkylation sites (tertiary alicyclic amines) is 1. The van der Waals surface area contributed by atoms with Gasteiger partial charge in [0.05, 0.1) is 11.8 Å². The predicted molar refractivity (Wildman–Crippen MR) is 95.1 cm³/mol. The van der Waals surface area contributed by atoms with Gasteiger partial charge in [0, 0.05) is 43.4 Å². The average Bonchev–Trinajstić information content (AvgIpc) is 3.02. The lowest BCUT2D eigenvalue weighted by atomic mass is 10.00. The molecule has 128 valence electrons. The highest BCUT2D eigenvalue weighted by Crippen LogP contribution is 2.25. The van der Waals surface area contributed by atoms with Gasteiger partial charge in [0.15, 0.2) is 0 Å². The van der Waals surface area contributed by atoms with Gasteiger partial charge in [0.1, 0.15) is 0 Å². The molecule has 1 aromatic carbocycles. The zero-order valence-electron chi connectivity index (χ0n) is 14.1. The Hall–Kier alpha value is -1.85. The summed E-state index contributed by atoms with van der Waals surface area (Å²) in [5.41, 5.74) is 1.90. The molecule has 0 radical (unpaired) electrons. The Kier molecular flexibility index (Phi) is 5.21. The van der Waals surface area contributed by atoms with Crippen LogP contribution in [-0.2, 0) is 7.05 Å². The third-order valence-corrected chi connectivity index (χ3v) is 4.98. The van der Waals surface area contributed by atoms with Gasteiger partial charge >= 0.3 is 0 Å². The Bertz CT molecular complexity index is 689. The molecule has 1 aliphatic rings. The maximum Gasteiger partial charge on any atom is 0.254 e. The van der Waals surface area contributed by atoms with E-state index in [-0.39, 0.29) is 11.9 Å². The highest BCUT2D eigenvalue weighted by molar-refractivity contribution is 6.30. The normalized spacial score (nSPS) is 17.6. The topological polar surface area (TPSA) is 50.2 Å². The van der Waals surface area contributed by atoms with Crippen molar-refractivity contribution in [1.82, 2.24) is 20.0 Å². The third kappa shape index (κ3) is 3.97. The molecule has 0 saturated carbocycles. The molecule has 0 aliphatic carbocycles. The first-order valence-electron chi connectivity index (χ1n) is 8.32. The average molecular weight is 347 g/mol. The number of benzene rings is 1. The van der Waals surface area contributed by atoms with E-state index < -0.39 is 0 Å². The summed E-state index contributed by atoms with van der Waals surface area (Å²) in [7, 11) is 1.81. The van der Waals surface area contributed by atoms with Crippen LogP contribution in [0, 0.1) is 0 Å². The first-order valence-corrected chi connectivity index (χ1v) is 8.70. The molecule has 1 aromatic heterocycles. The van der Waals surface area contributed by atoms with Gasteiger partial charge in [-0.1, -0.05) is 23.7 Å². The zero-order chi connectivity index (χ0) is 17.1. The number of rotatable bonds is 4. The fraction of sp³-hybridized carbons (Fsp3) is 0.444. The molecule has 0 unspecified atom stereocenters. The van der Waals surface area contributed by atoms with Crippen LogP contribution >= 0.6 is 11.6 Å². The lowest BCUT2D eigenvalue weighted by Crippen LogP contribution is -2.45. The summed E-state index contributed by atoms with van der Waals surface area (Å²) in [6, 6.07) is 8.64. The van der Waals surface area contributed by atoms with E-state index in [1.165, 1.54) is 5.56 Å². The van der Waals surface area contributed by atoms with E-state index in [0.29, 0.717) is 11.6 Å². The van der Waals surface area contributed by atoms with Crippen molar-refractivity contribution in [2.75, 3.05) is 13.1 Å². The molecule has 1 fully saturated rings. The molecule has 1 amide bonds. The molecule has 0 bridgehead atoms. The molecule has 5 nitrogen and oxygen atoms in total. The third-order valence-electron chi connectivity index (χ3n) is 4.73. The van der Waals surface area contributed by atoms with Crippen LogP contribution in [0.2, 0.25) is 5.02 Å². The lowest BCUT2D eigenvalue weighted by molar-refractivity contribution is 0.0896. The van der Waals surface area contributed by atoms with Crippen molar-refractivity contribution in [3.8, 4) is 0 Å². The van der Waals surface area contributed by atoms with Gasteiger partial charge in [-0.05, 0) is 37.5 Å². The van der Waals surface area contributed by atoms with Gasteiger partial charge < -0.3 is 5.32 Å². The summed E-state index contributed by atoms with van der Waals surface area (Å²) in [6.45, 7) is 4.17. The molecule has 1 atom stereocenters. The van der Waals surface area contributed by atoms with Crippen LogP contribution in [-0.4, -0.2) is 39.7 Å². The number of hydrogen-bond donors (Lipinski definition) is 1. The first kappa shape index (κ1) is 17.0. The first-order chi connectivity index (χ1) is 11.5. The smallest absolute Gasteiger partial charge is 0.254 e. The van der Waals surface area contributed by atoms with E-state index in [2.05, 4.69) is 34.4 Å². The van der Waals surface area contributed by atoms with Crippen molar-refractivity contribution in [3.63, 3.8) is 0 Å². The second-order valence-electron chi connectivity index (χ2n) is 6.41. The minimum Gasteiger partial charge on any atom is -0.349 e. The van der Waals surface area contributed by atoms with Crippen molar-refractivity contribution in [2.45, 2.75) is 31.8 Å². The number of carbonyl (C=O) groups excluding carboxylic acids is 1. The second-order valence-corrected chi connectivity index (χ2v) is 6.85. The number of halogens is 1. The Labute approximate surface area is 147 Å². The van der Waals surface area contributed by atoms with Gasteiger partial charge in [-0.15, -0.1) is 0 Å². The minimum atomic E-state index is -0.0349. The van der Waals surface area contributed by atoms with Crippen LogP contribution in [0.3, 0.4) is 0 Å². The van der Waals surface area contributed by atoms with Gasteiger partial charge in [-0.25, -0.2) is 0 Å². The van der Waals surface area contributed by atoms with Crippen LogP contribution in [0.5, 0.6) is 0 Å². The molecule has 0 spiro atoms. The molecule has 1 saturated heterocycles. The summed E-state index contributed by atoms with van der Waals surface area (Å²) < 4.78 is 1.64. The van der Waals surface area contributed by atoms with Gasteiger partial charge in [0.25, 0.3) is 5.91 Å². The van der Waals surface area contributed by atoms with Crippen molar-refractivity contribution < 1.29 is 4.79 Å². The van der Waals surface area contributed by atoms with E-state index in [1.54, 1.807) is 17.1 Å². The van der Waals surface area contributed by atoms with Crippen LogP contribution in [0.25, 0.3) is 0 Å². The van der Waals surface area contributed by atoms with E-state index in [9.17, 15) is 4.79 Å². The number of aromatic nitrogens is 2. The van der Waals surface area contributed by atoms with E-state index >= 15 is 0 Å². The molecule has 1 aliphatic heterocycles. The molecule has 6 heteroatoms. The number of piperidine rings is 1. The number of carbonyl (C=O) groups is 1. The number of nitrogens with one attached hydrogen (secondary N) is 1. The standard InChI is InChI=1S/C18H23ClN4O/c1-13(14-3-5-16(19)6-4-14)23-9-7-17(8-10-23)21-18(24)15-11-20-22(2)12-15/h3-6,11-13,17H,7-10H2,1-2H3,(H,21,24)/t13-/m1/s1. The lowest BCUT2D eigenvalue weighted by Gasteiger charge is -2.36. The Balaban J connectivity index is 1.52. The molecule has 3 rings (SSSR count). The monoisotopic (exact) mass is 346 g/mol. The molecule has 24 heavy (non-hydrogen) atoms. The summed E-state index contributed by atoms with van der Waals surface area (Å²) in [4.78, 5) is 14.7. The number of nitrogens with zero attached hydrogens (tertiary/aromatic N) is 3. The number of aryl methyl sites for hydroxylation is 1. The maximum atomic E-state index is 12.2. The van der Waals surface area contributed by atoms with Crippen LogP contribution < -0.4 is 5.32 Å². The molecule has 2 aromatic rings. The van der Waals surface area contributed by atoms with Crippen LogP contribution in [0.15, 0.2) is 36.7 Å². The molecule has 2 heterocycles. The Morgan fingerprint density at radius 1 is 1.29 bits per heavy atom. The quantitative estimate of drug-likeness (QED) is 0.925. The van der Waals surface area contributed by atoms with E-state index in [1.807, 2.05) is 19.2 Å². The fourth-order valence-corrected chi connectivity index (χ4v) is 3.32. The predicted octanol–water partition coefficient (Wildman–Crippen LogP) is 3.03. The van der Waals surface area contributed by atoms with Gasteiger partial charge in [0.2, 0.25) is 0 Å². The summed E-state index contributed by atoms with van der Waals surface area (Å²) in [5.74, 6) is -0.0349. The highest BCUT2D eigenvalue weighted by atomic mass is 35.5. The van der Waals surface area contributed by atoms with Crippen molar-refractivity contribution in [3.05, 3.63) is 52.8 Å². The molecular formula is C18H23ClN4O. The highest BCUT2D eigenvalue weighted by Gasteiger charge is 2.25. The second kappa shape index (κ2) is 7.36. The zero-order valence-corrected chi connectivity index (χ0v) is 14.8. The van der Waals surface area contributed by atoms with Crippen LogP contribution in [0.1, 0.15) is 41.7 Å². The molecule has 1 N–H and O–H groups in total. The number of hydrogen-bond acceptors (Lipinski definition) is 3. The minimum absolute atomic E-state index is 0.0349. The summed E-state index contributed by atoms with van der Waals surface area (Å²) >= 11 is 5.96. The molecular weight excluding hydrogens is 324 g/mol. The fourth-order valence-electron chi connectivity index (χ4n) is 3.19. The van der Waals surface area contributed by atoms with E-state index in [0.717, 1.165) is 31.0 Å². The van der Waals surface area contributed by atoms with E-state index in [4.69, 9.17) is 11.6 Å². The van der Waals surface area contributed by atoms with Gasteiger partial charge in [-0.3, -0.25) is 14.4 Å². The van der Waals surface area contributed by atoms with Crippen LogP contribution in [0.4, 0.5) is 0 Å². The van der Waals surface area contributed by atoms with Gasteiger partial charge in [-0.2, -0.15) is 5.10 Å². The summed E-state index contributed by atoms with van der Waals surface area (Å²) in [5, 5.41) is 7.93. The SMILES string of the molecule is C[C@H](c1ccc(Cl)cc1)N1CCC(NC(=O)c2cnn(C)c2)CC1. The van der Waals surface area contributed by atoms with Crippen molar-refractivity contribution in [2.24, 2.45) is 7.05 Å². The Morgan fingerprint density at radius 3 is 2.54 bits per heavy atom. The van der Waals surface area contributed by atoms with Crippen molar-refractivity contribution >= 4 is 17.5 Å². The largest absolute Gasteiger partial charge is 0.349 e. The summed E-state index contributed by atoms with van der Waals surface area (Å²) in [6.07, 6.45) is 5.27. The van der Waals surface area contributed by atoms with Crippen molar-refractivity contribution in [1.29, 1.82) is 0 Å².